The molecular weight excluding hydrogens is 338 g/mol. The van der Waals surface area contributed by atoms with E-state index in [4.69, 9.17) is 5.73 Å². The van der Waals surface area contributed by atoms with Crippen LogP contribution in [0.1, 0.15) is 50.6 Å². The highest BCUT2D eigenvalue weighted by atomic mass is 35.5. The maximum Gasteiger partial charge on any atom is 0.227 e. The van der Waals surface area contributed by atoms with Gasteiger partial charge in [-0.2, -0.15) is 0 Å². The van der Waals surface area contributed by atoms with Gasteiger partial charge < -0.3 is 16.0 Å². The van der Waals surface area contributed by atoms with E-state index in [0.29, 0.717) is 18.9 Å². The van der Waals surface area contributed by atoms with Gasteiger partial charge in [-0.25, -0.2) is 0 Å². The summed E-state index contributed by atoms with van der Waals surface area (Å²) in [6, 6.07) is 7.90. The van der Waals surface area contributed by atoms with Gasteiger partial charge >= 0.3 is 0 Å². The highest BCUT2D eigenvalue weighted by Gasteiger charge is 2.32. The molecule has 1 saturated carbocycles. The first kappa shape index (κ1) is 19.7. The molecule has 2 aliphatic rings. The van der Waals surface area contributed by atoms with Crippen LogP contribution in [0, 0.1) is 11.8 Å². The van der Waals surface area contributed by atoms with E-state index in [-0.39, 0.29) is 36.2 Å². The monoisotopic (exact) mass is 365 g/mol. The lowest BCUT2D eigenvalue weighted by atomic mass is 9.94. The smallest absolute Gasteiger partial charge is 0.227 e. The van der Waals surface area contributed by atoms with Gasteiger partial charge in [0.2, 0.25) is 11.8 Å². The molecule has 2 amide bonds. The number of amides is 2. The second-order valence-electron chi connectivity index (χ2n) is 7.00. The number of hydrogen-bond acceptors (Lipinski definition) is 3. The van der Waals surface area contributed by atoms with E-state index >= 15 is 0 Å². The summed E-state index contributed by atoms with van der Waals surface area (Å²) in [5.74, 6) is 0.687. The molecule has 1 aliphatic carbocycles. The van der Waals surface area contributed by atoms with Crippen molar-refractivity contribution < 1.29 is 9.59 Å². The maximum atomic E-state index is 12.5. The molecule has 0 aromatic heterocycles. The van der Waals surface area contributed by atoms with E-state index < -0.39 is 0 Å². The largest absolute Gasteiger partial charge is 0.349 e. The van der Waals surface area contributed by atoms with E-state index in [9.17, 15) is 9.59 Å². The van der Waals surface area contributed by atoms with E-state index in [0.717, 1.165) is 43.5 Å². The minimum atomic E-state index is -0.0418. The van der Waals surface area contributed by atoms with Crippen molar-refractivity contribution in [2.75, 3.05) is 18.0 Å². The standard InChI is InChI=1S/C19H27N3O2.ClH/c1-13(21-19(24)17-5-2-4-15(17)12-20)14-7-9-16(10-8-14)22-11-3-6-18(22)23;/h7-10,13,15,17H,2-6,11-12,20H2,1H3,(H,21,24);1H/t13?,15-,17-;/m1./s1. The Hall–Kier alpha value is -1.59. The SMILES string of the molecule is CC(NC(=O)[C@@H]1CCC[C@@H]1CN)c1ccc(N2CCCC2=O)cc1.Cl. The third-order valence-corrected chi connectivity index (χ3v) is 5.44. The highest BCUT2D eigenvalue weighted by molar-refractivity contribution is 5.95. The highest BCUT2D eigenvalue weighted by Crippen LogP contribution is 2.31. The lowest BCUT2D eigenvalue weighted by molar-refractivity contribution is -0.126. The second-order valence-corrected chi connectivity index (χ2v) is 7.00. The molecule has 1 aromatic carbocycles. The Kier molecular flexibility index (Phi) is 6.85. The predicted octanol–water partition coefficient (Wildman–Crippen LogP) is 2.79. The number of carbonyl (C=O) groups is 2. The minimum absolute atomic E-state index is 0. The zero-order chi connectivity index (χ0) is 17.1. The first-order chi connectivity index (χ1) is 11.6. The minimum Gasteiger partial charge on any atom is -0.349 e. The summed E-state index contributed by atoms with van der Waals surface area (Å²) in [7, 11) is 0. The van der Waals surface area contributed by atoms with Crippen LogP contribution >= 0.6 is 12.4 Å². The average molecular weight is 366 g/mol. The average Bonchev–Trinajstić information content (AvgIpc) is 3.23. The zero-order valence-corrected chi connectivity index (χ0v) is 15.6. The van der Waals surface area contributed by atoms with E-state index in [2.05, 4.69) is 5.32 Å². The first-order valence-corrected chi connectivity index (χ1v) is 9.01. The summed E-state index contributed by atoms with van der Waals surface area (Å²) < 4.78 is 0. The zero-order valence-electron chi connectivity index (χ0n) is 14.7. The Morgan fingerprint density at radius 1 is 1.28 bits per heavy atom. The molecular formula is C19H28ClN3O2. The molecule has 3 rings (SSSR count). The van der Waals surface area contributed by atoms with E-state index in [1.165, 1.54) is 0 Å². The Morgan fingerprint density at radius 2 is 2.00 bits per heavy atom. The molecule has 1 saturated heterocycles. The van der Waals surface area contributed by atoms with Gasteiger partial charge in [0.25, 0.3) is 0 Å². The quantitative estimate of drug-likeness (QED) is 0.842. The number of nitrogens with two attached hydrogens (primary N) is 1. The molecule has 3 atom stereocenters. The van der Waals surface area contributed by atoms with Crippen LogP contribution in [0.4, 0.5) is 5.69 Å². The number of anilines is 1. The summed E-state index contributed by atoms with van der Waals surface area (Å²) in [5, 5.41) is 3.13. The van der Waals surface area contributed by atoms with Gasteiger partial charge in [-0.05, 0) is 56.3 Å². The Bertz CT molecular complexity index is 605. The molecule has 3 N–H and O–H groups in total. The normalized spacial score (nSPS) is 24.1. The second kappa shape index (κ2) is 8.68. The molecule has 0 bridgehead atoms. The van der Waals surface area contributed by atoms with Gasteiger partial charge in [0.1, 0.15) is 0 Å². The lowest BCUT2D eigenvalue weighted by Crippen LogP contribution is -2.36. The molecule has 2 fully saturated rings. The van der Waals surface area contributed by atoms with Crippen LogP contribution in [0.25, 0.3) is 0 Å². The fraction of sp³-hybridized carbons (Fsp3) is 0.579. The molecule has 6 heteroatoms. The first-order valence-electron chi connectivity index (χ1n) is 9.01. The van der Waals surface area contributed by atoms with Crippen molar-refractivity contribution >= 4 is 29.9 Å². The van der Waals surface area contributed by atoms with Crippen molar-refractivity contribution in [3.05, 3.63) is 29.8 Å². The summed E-state index contributed by atoms with van der Waals surface area (Å²) in [6.45, 7) is 3.39. The number of hydrogen-bond donors (Lipinski definition) is 2. The van der Waals surface area contributed by atoms with Gasteiger partial charge in [0.15, 0.2) is 0 Å². The van der Waals surface area contributed by atoms with Gasteiger partial charge in [-0.3, -0.25) is 9.59 Å². The molecule has 1 heterocycles. The molecule has 1 unspecified atom stereocenters. The molecule has 0 spiro atoms. The predicted molar refractivity (Wildman–Crippen MR) is 102 cm³/mol. The molecule has 138 valence electrons. The molecule has 1 aliphatic heterocycles. The van der Waals surface area contributed by atoms with Gasteiger partial charge in [-0.1, -0.05) is 18.6 Å². The van der Waals surface area contributed by atoms with Crippen molar-refractivity contribution in [1.82, 2.24) is 5.32 Å². The van der Waals surface area contributed by atoms with Crippen LogP contribution < -0.4 is 16.0 Å². The van der Waals surface area contributed by atoms with Gasteiger partial charge in [-0.15, -0.1) is 12.4 Å². The van der Waals surface area contributed by atoms with Crippen LogP contribution in [0.3, 0.4) is 0 Å². The van der Waals surface area contributed by atoms with Crippen molar-refractivity contribution in [3.8, 4) is 0 Å². The molecule has 25 heavy (non-hydrogen) atoms. The number of nitrogens with one attached hydrogen (secondary N) is 1. The molecule has 0 radical (unpaired) electrons. The third-order valence-electron chi connectivity index (χ3n) is 5.44. The van der Waals surface area contributed by atoms with Crippen LogP contribution in [0.15, 0.2) is 24.3 Å². The van der Waals surface area contributed by atoms with Crippen LogP contribution in [-0.4, -0.2) is 24.9 Å². The van der Waals surface area contributed by atoms with Gasteiger partial charge in [0.05, 0.1) is 6.04 Å². The summed E-state index contributed by atoms with van der Waals surface area (Å²) in [6.07, 6.45) is 4.65. The molecule has 1 aromatic rings. The van der Waals surface area contributed by atoms with Crippen molar-refractivity contribution in [2.45, 2.75) is 45.1 Å². The summed E-state index contributed by atoms with van der Waals surface area (Å²) in [4.78, 5) is 26.1. The van der Waals surface area contributed by atoms with E-state index in [1.54, 1.807) is 0 Å². The number of nitrogens with zero attached hydrogens (tertiary/aromatic N) is 1. The maximum absolute atomic E-state index is 12.5. The number of rotatable bonds is 5. The van der Waals surface area contributed by atoms with Crippen molar-refractivity contribution in [2.24, 2.45) is 17.6 Å². The number of carbonyl (C=O) groups excluding carboxylic acids is 2. The summed E-state index contributed by atoms with van der Waals surface area (Å²) in [5.41, 5.74) is 7.78. The van der Waals surface area contributed by atoms with Gasteiger partial charge in [0, 0.05) is 24.6 Å². The third kappa shape index (κ3) is 4.33. The van der Waals surface area contributed by atoms with E-state index in [1.807, 2.05) is 36.1 Å². The Labute approximate surface area is 155 Å². The van der Waals surface area contributed by atoms with Crippen LogP contribution in [-0.2, 0) is 9.59 Å². The molecule has 5 nitrogen and oxygen atoms in total. The topological polar surface area (TPSA) is 75.4 Å². The Balaban J connectivity index is 0.00000225. The fourth-order valence-corrected chi connectivity index (χ4v) is 3.93. The number of benzene rings is 1. The van der Waals surface area contributed by atoms with Crippen molar-refractivity contribution in [1.29, 1.82) is 0 Å². The lowest BCUT2D eigenvalue weighted by Gasteiger charge is -2.22. The fourth-order valence-electron chi connectivity index (χ4n) is 3.93. The number of halogens is 1. The van der Waals surface area contributed by atoms with Crippen molar-refractivity contribution in [3.63, 3.8) is 0 Å². The summed E-state index contributed by atoms with van der Waals surface area (Å²) >= 11 is 0. The van der Waals surface area contributed by atoms with Crippen LogP contribution in [0.2, 0.25) is 0 Å². The Morgan fingerprint density at radius 3 is 2.60 bits per heavy atom. The van der Waals surface area contributed by atoms with Crippen LogP contribution in [0.5, 0.6) is 0 Å².